The molecule has 1 aliphatic rings. The van der Waals surface area contributed by atoms with Crippen molar-refractivity contribution < 1.29 is 5.11 Å². The average molecular weight is 297 g/mol. The number of likely N-dealkylation sites (N-methyl/N-ethyl adjacent to an activating group) is 1. The Morgan fingerprint density at radius 2 is 1.73 bits per heavy atom. The second kappa shape index (κ2) is 6.46. The Morgan fingerprint density at radius 3 is 2.36 bits per heavy atom. The smallest absolute Gasteiger partial charge is 0.131 e. The predicted octanol–water partition coefficient (Wildman–Crippen LogP) is 2.22. The summed E-state index contributed by atoms with van der Waals surface area (Å²) in [4.78, 5) is 9.28. The second-order valence-electron chi connectivity index (χ2n) is 6.01. The number of aromatic nitrogens is 1. The zero-order valence-electron chi connectivity index (χ0n) is 13.2. The van der Waals surface area contributed by atoms with Gasteiger partial charge in [0.05, 0.1) is 0 Å². The quantitative estimate of drug-likeness (QED) is 0.943. The van der Waals surface area contributed by atoms with Crippen molar-refractivity contribution in [2.75, 3.05) is 38.1 Å². The maximum atomic E-state index is 10.5. The fourth-order valence-corrected chi connectivity index (χ4v) is 2.92. The summed E-state index contributed by atoms with van der Waals surface area (Å²) in [7, 11) is 2.15. The van der Waals surface area contributed by atoms with Gasteiger partial charge in [-0.05, 0) is 31.2 Å². The van der Waals surface area contributed by atoms with Crippen LogP contribution in [0.4, 0.5) is 5.82 Å². The molecule has 0 spiro atoms. The predicted molar refractivity (Wildman–Crippen MR) is 89.2 cm³/mol. The summed E-state index contributed by atoms with van der Waals surface area (Å²) in [6.07, 6.45) is 1.19. The lowest BCUT2D eigenvalue weighted by Gasteiger charge is -2.34. The number of benzene rings is 1. The molecule has 1 N–H and O–H groups in total. The van der Waals surface area contributed by atoms with Gasteiger partial charge in [-0.3, -0.25) is 0 Å². The monoisotopic (exact) mass is 297 g/mol. The molecule has 1 aromatic carbocycles. The van der Waals surface area contributed by atoms with Gasteiger partial charge in [0.2, 0.25) is 0 Å². The molecular formula is C18H23N3O. The summed E-state index contributed by atoms with van der Waals surface area (Å²) in [5.74, 6) is 1.04. The molecule has 4 heteroatoms. The first-order chi connectivity index (χ1) is 10.6. The number of aliphatic hydroxyl groups is 1. The second-order valence-corrected chi connectivity index (χ2v) is 6.01. The third-order valence-corrected chi connectivity index (χ3v) is 4.31. The number of pyridine rings is 1. The van der Waals surface area contributed by atoms with Gasteiger partial charge in [-0.15, -0.1) is 0 Å². The minimum Gasteiger partial charge on any atom is -0.384 e. The van der Waals surface area contributed by atoms with Crippen LogP contribution >= 0.6 is 0 Å². The molecule has 1 fully saturated rings. The third-order valence-electron chi connectivity index (χ3n) is 4.31. The number of rotatable bonds is 3. The molecular weight excluding hydrogens is 274 g/mol. The van der Waals surface area contributed by atoms with Crippen molar-refractivity contribution in [2.24, 2.45) is 0 Å². The highest BCUT2D eigenvalue weighted by atomic mass is 16.3. The van der Waals surface area contributed by atoms with Gasteiger partial charge >= 0.3 is 0 Å². The molecule has 22 heavy (non-hydrogen) atoms. The fraction of sp³-hybridized carbons (Fsp3) is 0.389. The van der Waals surface area contributed by atoms with Crippen molar-refractivity contribution in [3.8, 4) is 0 Å². The summed E-state index contributed by atoms with van der Waals surface area (Å²) in [6, 6.07) is 11.8. The van der Waals surface area contributed by atoms with Gasteiger partial charge in [-0.25, -0.2) is 4.98 Å². The Bertz CT molecular complexity index is 621. The van der Waals surface area contributed by atoms with E-state index < -0.39 is 6.10 Å². The van der Waals surface area contributed by atoms with E-state index in [-0.39, 0.29) is 0 Å². The zero-order chi connectivity index (χ0) is 15.5. The Kier molecular flexibility index (Phi) is 4.41. The summed E-state index contributed by atoms with van der Waals surface area (Å²) < 4.78 is 0. The lowest BCUT2D eigenvalue weighted by atomic mass is 10.0. The van der Waals surface area contributed by atoms with E-state index in [1.54, 1.807) is 6.20 Å². The zero-order valence-corrected chi connectivity index (χ0v) is 13.2. The molecule has 4 nitrogen and oxygen atoms in total. The maximum absolute atomic E-state index is 10.5. The number of piperazine rings is 1. The number of anilines is 1. The van der Waals surface area contributed by atoms with Crippen molar-refractivity contribution in [3.63, 3.8) is 0 Å². The summed E-state index contributed by atoms with van der Waals surface area (Å²) in [6.45, 7) is 6.21. The minimum absolute atomic E-state index is 0.617. The van der Waals surface area contributed by atoms with E-state index in [1.807, 2.05) is 30.3 Å². The molecule has 0 saturated carbocycles. The molecule has 0 amide bonds. The summed E-state index contributed by atoms with van der Waals surface area (Å²) >= 11 is 0. The van der Waals surface area contributed by atoms with Crippen LogP contribution in [0.15, 0.2) is 42.6 Å². The molecule has 0 radical (unpaired) electrons. The van der Waals surface area contributed by atoms with E-state index in [9.17, 15) is 5.11 Å². The largest absolute Gasteiger partial charge is 0.384 e. The van der Waals surface area contributed by atoms with Crippen LogP contribution in [0.3, 0.4) is 0 Å². The van der Waals surface area contributed by atoms with Crippen LogP contribution in [0, 0.1) is 6.92 Å². The molecule has 3 rings (SSSR count). The Balaban J connectivity index is 1.80. The third kappa shape index (κ3) is 3.13. The highest BCUT2D eigenvalue weighted by Crippen LogP contribution is 2.26. The SMILES string of the molecule is Cc1cc([C@@H](O)c2ccccc2)cnc1N1CCN(C)CC1. The minimum atomic E-state index is -0.617. The van der Waals surface area contributed by atoms with Crippen LogP contribution < -0.4 is 4.90 Å². The highest BCUT2D eigenvalue weighted by Gasteiger charge is 2.18. The summed E-state index contributed by atoms with van der Waals surface area (Å²) in [5.41, 5.74) is 2.87. The average Bonchev–Trinajstić information content (AvgIpc) is 2.56. The van der Waals surface area contributed by atoms with E-state index in [0.29, 0.717) is 0 Å². The van der Waals surface area contributed by atoms with Gasteiger partial charge in [0.15, 0.2) is 0 Å². The van der Waals surface area contributed by atoms with Gasteiger partial charge in [-0.2, -0.15) is 0 Å². The lowest BCUT2D eigenvalue weighted by molar-refractivity contribution is 0.220. The molecule has 1 aliphatic heterocycles. The van der Waals surface area contributed by atoms with E-state index >= 15 is 0 Å². The molecule has 2 aromatic rings. The highest BCUT2D eigenvalue weighted by molar-refractivity contribution is 5.48. The van der Waals surface area contributed by atoms with Crippen molar-refractivity contribution in [3.05, 3.63) is 59.3 Å². The standard InChI is InChI=1S/C18H23N3O/c1-14-12-16(17(22)15-6-4-3-5-7-15)13-19-18(14)21-10-8-20(2)9-11-21/h3-7,12-13,17,22H,8-11H2,1-2H3/t17-/m0/s1. The number of nitrogens with zero attached hydrogens (tertiary/aromatic N) is 3. The van der Waals surface area contributed by atoms with Gasteiger partial charge in [0, 0.05) is 37.9 Å². The van der Waals surface area contributed by atoms with E-state index in [1.165, 1.54) is 0 Å². The molecule has 2 heterocycles. The molecule has 0 aliphatic carbocycles. The van der Waals surface area contributed by atoms with E-state index in [0.717, 1.165) is 48.7 Å². The fourth-order valence-electron chi connectivity index (χ4n) is 2.92. The first kappa shape index (κ1) is 15.0. The van der Waals surface area contributed by atoms with Gasteiger partial charge in [0.1, 0.15) is 11.9 Å². The molecule has 0 bridgehead atoms. The lowest BCUT2D eigenvalue weighted by Crippen LogP contribution is -2.45. The van der Waals surface area contributed by atoms with Crippen molar-refractivity contribution >= 4 is 5.82 Å². The van der Waals surface area contributed by atoms with Crippen LogP contribution in [0.25, 0.3) is 0 Å². The first-order valence-corrected chi connectivity index (χ1v) is 7.78. The molecule has 1 atom stereocenters. The van der Waals surface area contributed by atoms with Crippen molar-refractivity contribution in [1.82, 2.24) is 9.88 Å². The molecule has 0 unspecified atom stereocenters. The van der Waals surface area contributed by atoms with Crippen molar-refractivity contribution in [2.45, 2.75) is 13.0 Å². The topological polar surface area (TPSA) is 39.6 Å². The Morgan fingerprint density at radius 1 is 1.05 bits per heavy atom. The van der Waals surface area contributed by atoms with Crippen LogP contribution in [-0.4, -0.2) is 48.2 Å². The van der Waals surface area contributed by atoms with Gasteiger partial charge in [0.25, 0.3) is 0 Å². The van der Waals surface area contributed by atoms with E-state index in [2.05, 4.69) is 34.8 Å². The first-order valence-electron chi connectivity index (χ1n) is 7.78. The number of hydrogen-bond acceptors (Lipinski definition) is 4. The van der Waals surface area contributed by atoms with Crippen LogP contribution in [-0.2, 0) is 0 Å². The maximum Gasteiger partial charge on any atom is 0.131 e. The molecule has 116 valence electrons. The van der Waals surface area contributed by atoms with Crippen LogP contribution in [0.5, 0.6) is 0 Å². The van der Waals surface area contributed by atoms with Gasteiger partial charge < -0.3 is 14.9 Å². The number of aliphatic hydroxyl groups excluding tert-OH is 1. The normalized spacial score (nSPS) is 17.5. The Labute approximate surface area is 132 Å². The molecule has 1 aromatic heterocycles. The number of aryl methyl sites for hydroxylation is 1. The van der Waals surface area contributed by atoms with Crippen LogP contribution in [0.2, 0.25) is 0 Å². The Hall–Kier alpha value is -1.91. The van der Waals surface area contributed by atoms with Crippen molar-refractivity contribution in [1.29, 1.82) is 0 Å². The number of hydrogen-bond donors (Lipinski definition) is 1. The van der Waals surface area contributed by atoms with Crippen LogP contribution in [0.1, 0.15) is 22.8 Å². The van der Waals surface area contributed by atoms with Gasteiger partial charge in [-0.1, -0.05) is 30.3 Å². The van der Waals surface area contributed by atoms with E-state index in [4.69, 9.17) is 0 Å². The summed E-state index contributed by atoms with van der Waals surface area (Å²) in [5, 5.41) is 10.5. The molecule has 1 saturated heterocycles.